The van der Waals surface area contributed by atoms with Crippen LogP contribution >= 0.6 is 0 Å². The van der Waals surface area contributed by atoms with E-state index in [1.54, 1.807) is 6.20 Å². The Hall–Kier alpha value is -1.46. The number of carbonyl (C=O) groups excluding carboxylic acids is 1. The molecule has 3 rings (SSSR count). The number of ether oxygens (including phenoxy) is 1. The van der Waals surface area contributed by atoms with Gasteiger partial charge in [-0.05, 0) is 31.5 Å². The Morgan fingerprint density at radius 3 is 2.95 bits per heavy atom. The smallest absolute Gasteiger partial charge is 0.230 e. The van der Waals surface area contributed by atoms with Gasteiger partial charge in [0.05, 0.1) is 31.4 Å². The maximum absolute atomic E-state index is 12.9. The van der Waals surface area contributed by atoms with Gasteiger partial charge in [-0.3, -0.25) is 9.78 Å². The molecule has 1 saturated carbocycles. The lowest BCUT2D eigenvalue weighted by Crippen LogP contribution is -2.46. The van der Waals surface area contributed by atoms with Crippen molar-refractivity contribution in [3.8, 4) is 0 Å². The standard InChI is InChI=1S/C16H23N3O2/c1-2-17-15-11-21-10-14(15)16(20)19(13-6-7-13)9-12-5-3-4-8-18-12/h3-5,8,13-15,17H,2,6-7,9-11H2,1H3. The normalized spacial score (nSPS) is 25.0. The Balaban J connectivity index is 1.70. The third kappa shape index (κ3) is 3.41. The van der Waals surface area contributed by atoms with Crippen molar-refractivity contribution in [3.63, 3.8) is 0 Å². The predicted octanol–water partition coefficient (Wildman–Crippen LogP) is 1.20. The molecular weight excluding hydrogens is 266 g/mol. The molecule has 5 heteroatoms. The van der Waals surface area contributed by atoms with Crippen molar-refractivity contribution in [2.75, 3.05) is 19.8 Å². The van der Waals surface area contributed by atoms with E-state index in [9.17, 15) is 4.79 Å². The first kappa shape index (κ1) is 14.5. The summed E-state index contributed by atoms with van der Waals surface area (Å²) in [6.45, 7) is 4.70. The fourth-order valence-electron chi connectivity index (χ4n) is 2.91. The predicted molar refractivity (Wildman–Crippen MR) is 79.6 cm³/mol. The number of rotatable bonds is 6. The van der Waals surface area contributed by atoms with Crippen molar-refractivity contribution in [2.45, 2.75) is 38.4 Å². The minimum Gasteiger partial charge on any atom is -0.379 e. The molecule has 0 radical (unpaired) electrons. The van der Waals surface area contributed by atoms with Crippen molar-refractivity contribution in [3.05, 3.63) is 30.1 Å². The van der Waals surface area contributed by atoms with Gasteiger partial charge in [-0.2, -0.15) is 0 Å². The number of hydrogen-bond donors (Lipinski definition) is 1. The SMILES string of the molecule is CCNC1COCC1C(=O)N(Cc1ccccn1)C1CC1. The third-order valence-electron chi connectivity index (χ3n) is 4.19. The molecular formula is C16H23N3O2. The summed E-state index contributed by atoms with van der Waals surface area (Å²) < 4.78 is 5.52. The zero-order valence-corrected chi connectivity index (χ0v) is 12.5. The molecule has 2 fully saturated rings. The van der Waals surface area contributed by atoms with Crippen molar-refractivity contribution in [1.82, 2.24) is 15.2 Å². The lowest BCUT2D eigenvalue weighted by Gasteiger charge is -2.27. The first-order valence-electron chi connectivity index (χ1n) is 7.81. The second kappa shape index (κ2) is 6.54. The third-order valence-corrected chi connectivity index (χ3v) is 4.19. The molecule has 0 spiro atoms. The van der Waals surface area contributed by atoms with Crippen LogP contribution in [0.1, 0.15) is 25.5 Å². The number of likely N-dealkylation sites (N-methyl/N-ethyl adjacent to an activating group) is 1. The van der Waals surface area contributed by atoms with E-state index in [1.807, 2.05) is 23.1 Å². The number of nitrogens with one attached hydrogen (secondary N) is 1. The van der Waals surface area contributed by atoms with E-state index in [4.69, 9.17) is 4.74 Å². The van der Waals surface area contributed by atoms with Gasteiger partial charge in [0.15, 0.2) is 0 Å². The van der Waals surface area contributed by atoms with Crippen LogP contribution in [0.4, 0.5) is 0 Å². The van der Waals surface area contributed by atoms with Gasteiger partial charge in [0.25, 0.3) is 0 Å². The van der Waals surface area contributed by atoms with E-state index in [0.717, 1.165) is 25.1 Å². The van der Waals surface area contributed by atoms with Crippen molar-refractivity contribution in [1.29, 1.82) is 0 Å². The zero-order valence-electron chi connectivity index (χ0n) is 12.5. The van der Waals surface area contributed by atoms with Gasteiger partial charge < -0.3 is 15.0 Å². The number of hydrogen-bond acceptors (Lipinski definition) is 4. The molecule has 1 saturated heterocycles. The van der Waals surface area contributed by atoms with Crippen LogP contribution in [0.3, 0.4) is 0 Å². The summed E-state index contributed by atoms with van der Waals surface area (Å²) in [6, 6.07) is 6.39. The van der Waals surface area contributed by atoms with Gasteiger partial charge >= 0.3 is 0 Å². The van der Waals surface area contributed by atoms with E-state index in [0.29, 0.717) is 25.8 Å². The van der Waals surface area contributed by atoms with Crippen molar-refractivity contribution < 1.29 is 9.53 Å². The van der Waals surface area contributed by atoms with E-state index in [1.165, 1.54) is 0 Å². The molecule has 21 heavy (non-hydrogen) atoms. The second-order valence-electron chi connectivity index (χ2n) is 5.83. The summed E-state index contributed by atoms with van der Waals surface area (Å²) in [5, 5.41) is 3.37. The molecule has 2 aliphatic rings. The highest BCUT2D eigenvalue weighted by atomic mass is 16.5. The first-order chi connectivity index (χ1) is 10.3. The van der Waals surface area contributed by atoms with E-state index in [-0.39, 0.29) is 17.9 Å². The molecule has 0 aromatic carbocycles. The zero-order chi connectivity index (χ0) is 14.7. The molecule has 1 aliphatic carbocycles. The van der Waals surface area contributed by atoms with Crippen molar-refractivity contribution >= 4 is 5.91 Å². The fourth-order valence-corrected chi connectivity index (χ4v) is 2.91. The lowest BCUT2D eigenvalue weighted by atomic mass is 10.0. The summed E-state index contributed by atoms with van der Waals surface area (Å²) in [4.78, 5) is 19.3. The number of pyridine rings is 1. The molecule has 1 amide bonds. The lowest BCUT2D eigenvalue weighted by molar-refractivity contribution is -0.137. The number of aromatic nitrogens is 1. The van der Waals surface area contributed by atoms with Gasteiger partial charge in [-0.1, -0.05) is 13.0 Å². The minimum absolute atomic E-state index is 0.0609. The van der Waals surface area contributed by atoms with E-state index >= 15 is 0 Å². The van der Waals surface area contributed by atoms with Gasteiger partial charge in [-0.15, -0.1) is 0 Å². The Kier molecular flexibility index (Phi) is 4.51. The average Bonchev–Trinajstić information content (AvgIpc) is 3.25. The summed E-state index contributed by atoms with van der Waals surface area (Å²) in [6.07, 6.45) is 4.00. The fraction of sp³-hybridized carbons (Fsp3) is 0.625. The van der Waals surface area contributed by atoms with Crippen LogP contribution in [0.2, 0.25) is 0 Å². The maximum Gasteiger partial charge on any atom is 0.230 e. The molecule has 5 nitrogen and oxygen atoms in total. The van der Waals surface area contributed by atoms with Crippen LogP contribution in [0.5, 0.6) is 0 Å². The van der Waals surface area contributed by atoms with Gasteiger partial charge in [0, 0.05) is 18.3 Å². The monoisotopic (exact) mass is 289 g/mol. The van der Waals surface area contributed by atoms with Gasteiger partial charge in [-0.25, -0.2) is 0 Å². The Morgan fingerprint density at radius 2 is 2.29 bits per heavy atom. The van der Waals surface area contributed by atoms with Crippen LogP contribution in [0.25, 0.3) is 0 Å². The van der Waals surface area contributed by atoms with Gasteiger partial charge in [0.2, 0.25) is 5.91 Å². The highest BCUT2D eigenvalue weighted by Gasteiger charge is 2.41. The van der Waals surface area contributed by atoms with Crippen LogP contribution in [0, 0.1) is 5.92 Å². The van der Waals surface area contributed by atoms with Crippen molar-refractivity contribution in [2.24, 2.45) is 5.92 Å². The highest BCUT2D eigenvalue weighted by molar-refractivity contribution is 5.80. The number of carbonyl (C=O) groups is 1. The van der Waals surface area contributed by atoms with Crippen LogP contribution < -0.4 is 5.32 Å². The van der Waals surface area contributed by atoms with Crippen LogP contribution in [0.15, 0.2) is 24.4 Å². The molecule has 0 bridgehead atoms. The van der Waals surface area contributed by atoms with Crippen LogP contribution in [-0.2, 0) is 16.1 Å². The number of amides is 1. The molecule has 2 heterocycles. The van der Waals surface area contributed by atoms with Gasteiger partial charge in [0.1, 0.15) is 0 Å². The minimum atomic E-state index is -0.0609. The van der Waals surface area contributed by atoms with E-state index < -0.39 is 0 Å². The average molecular weight is 289 g/mol. The highest BCUT2D eigenvalue weighted by Crippen LogP contribution is 2.31. The molecule has 114 valence electrons. The molecule has 2 unspecified atom stereocenters. The largest absolute Gasteiger partial charge is 0.379 e. The summed E-state index contributed by atoms with van der Waals surface area (Å²) >= 11 is 0. The van der Waals surface area contributed by atoms with E-state index in [2.05, 4.69) is 17.2 Å². The Morgan fingerprint density at radius 1 is 1.43 bits per heavy atom. The first-order valence-corrected chi connectivity index (χ1v) is 7.81. The summed E-state index contributed by atoms with van der Waals surface area (Å²) in [5.41, 5.74) is 0.955. The summed E-state index contributed by atoms with van der Waals surface area (Å²) in [5.74, 6) is 0.154. The summed E-state index contributed by atoms with van der Waals surface area (Å²) in [7, 11) is 0. The Bertz CT molecular complexity index is 476. The second-order valence-corrected chi connectivity index (χ2v) is 5.83. The molecule has 1 aliphatic heterocycles. The number of nitrogens with zero attached hydrogens (tertiary/aromatic N) is 2. The molecule has 1 aromatic rings. The molecule has 2 atom stereocenters. The van der Waals surface area contributed by atoms with Crippen LogP contribution in [-0.4, -0.2) is 47.6 Å². The molecule has 1 N–H and O–H groups in total. The topological polar surface area (TPSA) is 54.5 Å². The Labute approximate surface area is 125 Å². The maximum atomic E-state index is 12.9. The quantitative estimate of drug-likeness (QED) is 0.855. The molecule has 1 aromatic heterocycles.